The van der Waals surface area contributed by atoms with Gasteiger partial charge in [-0.15, -0.1) is 0 Å². The van der Waals surface area contributed by atoms with Gasteiger partial charge in [-0.1, -0.05) is 30.3 Å². The van der Waals surface area contributed by atoms with E-state index in [1.54, 1.807) is 54.3 Å². The van der Waals surface area contributed by atoms with E-state index in [1.165, 1.54) is 10.4 Å². The molecule has 0 saturated carbocycles. The van der Waals surface area contributed by atoms with Gasteiger partial charge in [0.15, 0.2) is 0 Å². The van der Waals surface area contributed by atoms with Crippen LogP contribution in [0.4, 0.5) is 9.18 Å². The number of carbonyl (C=O) groups is 1. The van der Waals surface area contributed by atoms with Gasteiger partial charge >= 0.3 is 6.03 Å². The summed E-state index contributed by atoms with van der Waals surface area (Å²) in [6, 6.07) is 12.8. The molecule has 27 heavy (non-hydrogen) atoms. The Labute approximate surface area is 158 Å². The van der Waals surface area contributed by atoms with Crippen molar-refractivity contribution in [2.75, 3.05) is 26.2 Å². The van der Waals surface area contributed by atoms with E-state index in [1.807, 2.05) is 0 Å². The predicted octanol–water partition coefficient (Wildman–Crippen LogP) is 2.35. The zero-order valence-corrected chi connectivity index (χ0v) is 15.9. The van der Waals surface area contributed by atoms with Gasteiger partial charge in [-0.25, -0.2) is 17.6 Å². The molecular formula is C19H22FN3O3S. The molecule has 0 aromatic heterocycles. The molecule has 0 radical (unpaired) electrons. The first-order valence-electron chi connectivity index (χ1n) is 8.71. The lowest BCUT2D eigenvalue weighted by Crippen LogP contribution is -2.52. The summed E-state index contributed by atoms with van der Waals surface area (Å²) in [5.74, 6) is -0.304. The Morgan fingerprint density at radius 1 is 1.07 bits per heavy atom. The molecule has 6 nitrogen and oxygen atoms in total. The van der Waals surface area contributed by atoms with Gasteiger partial charge in [-0.2, -0.15) is 4.31 Å². The number of aryl methyl sites for hydroxylation is 1. The molecule has 1 aliphatic rings. The van der Waals surface area contributed by atoms with Crippen molar-refractivity contribution in [3.05, 3.63) is 65.5 Å². The molecule has 1 N–H and O–H groups in total. The van der Waals surface area contributed by atoms with Crippen LogP contribution in [0.5, 0.6) is 0 Å². The molecule has 144 valence electrons. The Kier molecular flexibility index (Phi) is 5.76. The van der Waals surface area contributed by atoms with Crippen LogP contribution in [0.2, 0.25) is 0 Å². The lowest BCUT2D eigenvalue weighted by molar-refractivity contribution is 0.172. The Morgan fingerprint density at radius 3 is 2.37 bits per heavy atom. The number of amides is 2. The van der Waals surface area contributed by atoms with E-state index in [2.05, 4.69) is 5.32 Å². The molecule has 2 aromatic carbocycles. The van der Waals surface area contributed by atoms with Crippen molar-refractivity contribution in [1.82, 2.24) is 14.5 Å². The van der Waals surface area contributed by atoms with Crippen molar-refractivity contribution in [3.63, 3.8) is 0 Å². The summed E-state index contributed by atoms with van der Waals surface area (Å²) >= 11 is 0. The SMILES string of the molecule is Cc1ccc(CNC(=O)N2CCN(S(=O)(=O)c3ccccc3)CC2)cc1F. The zero-order valence-electron chi connectivity index (χ0n) is 15.1. The first kappa shape index (κ1) is 19.3. The molecule has 3 rings (SSSR count). The zero-order chi connectivity index (χ0) is 19.4. The number of rotatable bonds is 4. The minimum absolute atomic E-state index is 0.221. The topological polar surface area (TPSA) is 69.7 Å². The molecule has 0 unspecified atom stereocenters. The van der Waals surface area contributed by atoms with Gasteiger partial charge in [0.05, 0.1) is 4.90 Å². The maximum Gasteiger partial charge on any atom is 0.317 e. The van der Waals surface area contributed by atoms with Gasteiger partial charge in [-0.05, 0) is 36.2 Å². The molecule has 1 aliphatic heterocycles. The number of benzene rings is 2. The van der Waals surface area contributed by atoms with Crippen LogP contribution in [0, 0.1) is 12.7 Å². The maximum atomic E-state index is 13.6. The molecule has 2 aromatic rings. The second kappa shape index (κ2) is 8.06. The lowest BCUT2D eigenvalue weighted by Gasteiger charge is -2.34. The third-order valence-electron chi connectivity index (χ3n) is 4.59. The van der Waals surface area contributed by atoms with Crippen molar-refractivity contribution in [2.24, 2.45) is 0 Å². The molecule has 8 heteroatoms. The highest BCUT2D eigenvalue weighted by atomic mass is 32.2. The third kappa shape index (κ3) is 4.45. The van der Waals surface area contributed by atoms with Crippen LogP contribution in [-0.2, 0) is 16.6 Å². The number of halogens is 1. The first-order valence-corrected chi connectivity index (χ1v) is 10.1. The van der Waals surface area contributed by atoms with Crippen molar-refractivity contribution in [1.29, 1.82) is 0 Å². The minimum Gasteiger partial charge on any atom is -0.334 e. The van der Waals surface area contributed by atoms with Gasteiger partial charge in [0.2, 0.25) is 10.0 Å². The van der Waals surface area contributed by atoms with Crippen molar-refractivity contribution in [3.8, 4) is 0 Å². The maximum absolute atomic E-state index is 13.6. The highest BCUT2D eigenvalue weighted by Crippen LogP contribution is 2.17. The Bertz CT molecular complexity index is 911. The smallest absolute Gasteiger partial charge is 0.317 e. The number of nitrogens with one attached hydrogen (secondary N) is 1. The van der Waals surface area contributed by atoms with Crippen LogP contribution >= 0.6 is 0 Å². The number of nitrogens with zero attached hydrogens (tertiary/aromatic N) is 2. The fourth-order valence-corrected chi connectivity index (χ4v) is 4.35. The Hall–Kier alpha value is -2.45. The van der Waals surface area contributed by atoms with Crippen LogP contribution in [0.1, 0.15) is 11.1 Å². The van der Waals surface area contributed by atoms with Crippen LogP contribution in [0.25, 0.3) is 0 Å². The number of hydrogen-bond acceptors (Lipinski definition) is 3. The summed E-state index contributed by atoms with van der Waals surface area (Å²) in [6.07, 6.45) is 0. The second-order valence-corrected chi connectivity index (χ2v) is 8.38. The molecule has 1 heterocycles. The van der Waals surface area contributed by atoms with Crippen LogP contribution in [0.3, 0.4) is 0 Å². The minimum atomic E-state index is -3.54. The summed E-state index contributed by atoms with van der Waals surface area (Å²) in [4.78, 5) is 14.1. The first-order chi connectivity index (χ1) is 12.9. The van der Waals surface area contributed by atoms with E-state index < -0.39 is 10.0 Å². The van der Waals surface area contributed by atoms with Gasteiger partial charge < -0.3 is 10.2 Å². The summed E-state index contributed by atoms with van der Waals surface area (Å²) in [5, 5.41) is 2.75. The number of urea groups is 1. The normalized spacial score (nSPS) is 15.6. The molecule has 0 atom stereocenters. The molecule has 0 aliphatic carbocycles. The molecular weight excluding hydrogens is 369 g/mol. The predicted molar refractivity (Wildman–Crippen MR) is 100 cm³/mol. The highest BCUT2D eigenvalue weighted by Gasteiger charge is 2.29. The van der Waals surface area contributed by atoms with Crippen LogP contribution < -0.4 is 5.32 Å². The summed E-state index contributed by atoms with van der Waals surface area (Å²) in [5.41, 5.74) is 1.23. The van der Waals surface area contributed by atoms with E-state index in [0.29, 0.717) is 24.2 Å². The lowest BCUT2D eigenvalue weighted by atomic mass is 10.1. The van der Waals surface area contributed by atoms with Gasteiger partial charge in [-0.3, -0.25) is 0 Å². The molecule has 1 fully saturated rings. The fraction of sp³-hybridized carbons (Fsp3) is 0.316. The third-order valence-corrected chi connectivity index (χ3v) is 6.50. The second-order valence-electron chi connectivity index (χ2n) is 6.45. The van der Waals surface area contributed by atoms with Crippen LogP contribution in [0.15, 0.2) is 53.4 Å². The highest BCUT2D eigenvalue weighted by molar-refractivity contribution is 7.89. The number of hydrogen-bond donors (Lipinski definition) is 1. The number of sulfonamides is 1. The monoisotopic (exact) mass is 391 g/mol. The van der Waals surface area contributed by atoms with Crippen LogP contribution in [-0.4, -0.2) is 49.8 Å². The standard InChI is InChI=1S/C19H22FN3O3S/c1-15-7-8-16(13-18(15)20)14-21-19(24)22-9-11-23(12-10-22)27(25,26)17-5-3-2-4-6-17/h2-8,13H,9-12,14H2,1H3,(H,21,24). The number of carbonyl (C=O) groups excluding carboxylic acids is 1. The quantitative estimate of drug-likeness (QED) is 0.870. The van der Waals surface area contributed by atoms with Crippen molar-refractivity contribution < 1.29 is 17.6 Å². The van der Waals surface area contributed by atoms with E-state index in [4.69, 9.17) is 0 Å². The molecule has 0 spiro atoms. The van der Waals surface area contributed by atoms with Crippen molar-refractivity contribution >= 4 is 16.1 Å². The Balaban J connectivity index is 1.54. The Morgan fingerprint density at radius 2 is 1.74 bits per heavy atom. The average molecular weight is 391 g/mol. The van der Waals surface area contributed by atoms with Gasteiger partial charge in [0.25, 0.3) is 0 Å². The average Bonchev–Trinajstić information content (AvgIpc) is 2.69. The largest absolute Gasteiger partial charge is 0.334 e. The summed E-state index contributed by atoms with van der Waals surface area (Å²) in [6.45, 7) is 2.99. The number of piperazine rings is 1. The summed E-state index contributed by atoms with van der Waals surface area (Å²) < 4.78 is 40.2. The van der Waals surface area contributed by atoms with Gasteiger partial charge in [0, 0.05) is 32.7 Å². The van der Waals surface area contributed by atoms with E-state index >= 15 is 0 Å². The molecule has 1 saturated heterocycles. The van der Waals surface area contributed by atoms with E-state index in [-0.39, 0.29) is 36.4 Å². The fourth-order valence-electron chi connectivity index (χ4n) is 2.91. The van der Waals surface area contributed by atoms with E-state index in [0.717, 1.165) is 0 Å². The van der Waals surface area contributed by atoms with E-state index in [9.17, 15) is 17.6 Å². The van der Waals surface area contributed by atoms with Crippen molar-refractivity contribution in [2.45, 2.75) is 18.4 Å². The molecule has 0 bridgehead atoms. The van der Waals surface area contributed by atoms with Gasteiger partial charge in [0.1, 0.15) is 5.82 Å². The molecule has 2 amide bonds. The summed E-state index contributed by atoms with van der Waals surface area (Å²) in [7, 11) is -3.54.